The Hall–Kier alpha value is -1.61. The lowest BCUT2D eigenvalue weighted by Gasteiger charge is -2.23. The van der Waals surface area contributed by atoms with Crippen molar-refractivity contribution < 1.29 is 4.79 Å². The van der Waals surface area contributed by atoms with Gasteiger partial charge in [-0.3, -0.25) is 4.79 Å². The molecule has 0 fully saturated rings. The van der Waals surface area contributed by atoms with Crippen molar-refractivity contribution in [3.05, 3.63) is 64.4 Å². The monoisotopic (exact) mass is 331 g/mol. The Morgan fingerprint density at radius 3 is 2.50 bits per heavy atom. The summed E-state index contributed by atoms with van der Waals surface area (Å²) in [6.45, 7) is 6.42. The average molecular weight is 332 g/mol. The number of benzene rings is 1. The van der Waals surface area contributed by atoms with Gasteiger partial charge in [0.05, 0.1) is 0 Å². The Kier molecular flexibility index (Phi) is 4.29. The molecule has 2 aromatic rings. The van der Waals surface area contributed by atoms with E-state index in [1.165, 1.54) is 0 Å². The van der Waals surface area contributed by atoms with E-state index in [0.717, 1.165) is 10.2 Å². The van der Waals surface area contributed by atoms with Crippen molar-refractivity contribution in [2.75, 3.05) is 0 Å². The molecule has 0 aliphatic heterocycles. The first-order valence-corrected chi connectivity index (χ1v) is 7.33. The van der Waals surface area contributed by atoms with Crippen molar-refractivity contribution in [1.29, 1.82) is 0 Å². The van der Waals surface area contributed by atoms with Gasteiger partial charge >= 0.3 is 0 Å². The zero-order valence-corrected chi connectivity index (χ0v) is 13.5. The van der Waals surface area contributed by atoms with Crippen LogP contribution in [-0.4, -0.2) is 10.4 Å². The lowest BCUT2D eigenvalue weighted by atomic mass is 10.1. The first-order valence-electron chi connectivity index (χ1n) is 6.54. The van der Waals surface area contributed by atoms with Crippen LogP contribution in [0, 0.1) is 0 Å². The standard InChI is InChI=1S/C17H18BrNO/c1-17(2,3)19-12-6-7-13(19)10-11-16(20)14-8-4-5-9-15(14)18/h4-12H,1-3H3. The van der Waals surface area contributed by atoms with Gasteiger partial charge in [-0.2, -0.15) is 0 Å². The van der Waals surface area contributed by atoms with E-state index in [4.69, 9.17) is 0 Å². The average Bonchev–Trinajstić information content (AvgIpc) is 2.84. The zero-order chi connectivity index (χ0) is 14.8. The van der Waals surface area contributed by atoms with E-state index in [0.29, 0.717) is 5.56 Å². The Morgan fingerprint density at radius 2 is 1.85 bits per heavy atom. The lowest BCUT2D eigenvalue weighted by molar-refractivity contribution is 0.104. The van der Waals surface area contributed by atoms with Gasteiger partial charge in [0.15, 0.2) is 5.78 Å². The number of halogens is 1. The number of ketones is 1. The molecule has 0 saturated carbocycles. The molecule has 0 radical (unpaired) electrons. The van der Waals surface area contributed by atoms with Crippen molar-refractivity contribution in [2.24, 2.45) is 0 Å². The van der Waals surface area contributed by atoms with Crippen molar-refractivity contribution >= 4 is 27.8 Å². The second kappa shape index (κ2) is 5.80. The van der Waals surface area contributed by atoms with Crippen molar-refractivity contribution in [1.82, 2.24) is 4.57 Å². The molecule has 2 rings (SSSR count). The summed E-state index contributed by atoms with van der Waals surface area (Å²) in [5.74, 6) is -0.000802. The van der Waals surface area contributed by atoms with Crippen molar-refractivity contribution in [3.63, 3.8) is 0 Å². The molecule has 1 heterocycles. The number of hydrogen-bond acceptors (Lipinski definition) is 1. The number of allylic oxidation sites excluding steroid dienone is 1. The molecule has 104 valence electrons. The molecule has 1 aromatic heterocycles. The second-order valence-electron chi connectivity index (χ2n) is 5.65. The Morgan fingerprint density at radius 1 is 1.15 bits per heavy atom. The molecule has 0 unspecified atom stereocenters. The molecule has 0 aliphatic rings. The topological polar surface area (TPSA) is 22.0 Å². The van der Waals surface area contributed by atoms with Gasteiger partial charge in [0.1, 0.15) is 0 Å². The number of carbonyl (C=O) groups is 1. The summed E-state index contributed by atoms with van der Waals surface area (Å²) in [4.78, 5) is 12.2. The molecule has 1 aromatic carbocycles. The summed E-state index contributed by atoms with van der Waals surface area (Å²) in [5.41, 5.74) is 1.70. The summed E-state index contributed by atoms with van der Waals surface area (Å²) in [7, 11) is 0. The van der Waals surface area contributed by atoms with E-state index in [-0.39, 0.29) is 11.3 Å². The Bertz CT molecular complexity index is 647. The van der Waals surface area contributed by atoms with Crippen LogP contribution in [0.3, 0.4) is 0 Å². The van der Waals surface area contributed by atoms with Gasteiger partial charge in [0.2, 0.25) is 0 Å². The number of rotatable bonds is 3. The molecule has 3 heteroatoms. The number of aromatic nitrogens is 1. The van der Waals surface area contributed by atoms with Gasteiger partial charge in [-0.05, 0) is 57.2 Å². The third kappa shape index (κ3) is 3.28. The molecule has 0 bridgehead atoms. The molecular formula is C17H18BrNO. The van der Waals surface area contributed by atoms with Gasteiger partial charge in [-0.1, -0.05) is 28.1 Å². The highest BCUT2D eigenvalue weighted by Crippen LogP contribution is 2.20. The summed E-state index contributed by atoms with van der Waals surface area (Å²) >= 11 is 3.40. The minimum absolute atomic E-state index is 0.000445. The Labute approximate surface area is 128 Å². The van der Waals surface area contributed by atoms with Crippen molar-refractivity contribution in [3.8, 4) is 0 Å². The summed E-state index contributed by atoms with van der Waals surface area (Å²) in [5, 5.41) is 0. The highest BCUT2D eigenvalue weighted by atomic mass is 79.9. The third-order valence-electron chi connectivity index (χ3n) is 3.05. The first kappa shape index (κ1) is 14.8. The molecule has 0 atom stereocenters. The minimum atomic E-state index is -0.000802. The second-order valence-corrected chi connectivity index (χ2v) is 6.51. The molecular weight excluding hydrogens is 314 g/mol. The molecule has 0 amide bonds. The molecule has 0 saturated heterocycles. The maximum absolute atomic E-state index is 12.2. The van der Waals surface area contributed by atoms with E-state index >= 15 is 0 Å². The van der Waals surface area contributed by atoms with Crippen LogP contribution in [0.4, 0.5) is 0 Å². The van der Waals surface area contributed by atoms with E-state index in [9.17, 15) is 4.79 Å². The molecule has 2 nitrogen and oxygen atoms in total. The largest absolute Gasteiger partial charge is 0.343 e. The molecule has 0 spiro atoms. The maximum Gasteiger partial charge on any atom is 0.187 e. The van der Waals surface area contributed by atoms with E-state index in [2.05, 4.69) is 41.3 Å². The summed E-state index contributed by atoms with van der Waals surface area (Å²) in [6, 6.07) is 11.5. The van der Waals surface area contributed by atoms with Crippen LogP contribution in [0.25, 0.3) is 6.08 Å². The molecule has 20 heavy (non-hydrogen) atoms. The Balaban J connectivity index is 2.25. The number of carbonyl (C=O) groups excluding carboxylic acids is 1. The van der Waals surface area contributed by atoms with Crippen molar-refractivity contribution in [2.45, 2.75) is 26.3 Å². The third-order valence-corrected chi connectivity index (χ3v) is 3.74. The van der Waals surface area contributed by atoms with Crippen LogP contribution in [0.15, 0.2) is 53.1 Å². The fourth-order valence-electron chi connectivity index (χ4n) is 2.05. The minimum Gasteiger partial charge on any atom is -0.343 e. The van der Waals surface area contributed by atoms with Crippen LogP contribution in [0.5, 0.6) is 0 Å². The molecule has 0 aliphatic carbocycles. The van der Waals surface area contributed by atoms with E-state index in [1.54, 1.807) is 6.08 Å². The van der Waals surface area contributed by atoms with Gasteiger partial charge in [0.25, 0.3) is 0 Å². The predicted molar refractivity (Wildman–Crippen MR) is 86.9 cm³/mol. The lowest BCUT2D eigenvalue weighted by Crippen LogP contribution is -2.21. The molecule has 0 N–H and O–H groups in total. The van der Waals surface area contributed by atoms with Crippen LogP contribution in [0.1, 0.15) is 36.8 Å². The van der Waals surface area contributed by atoms with Crippen LogP contribution in [0.2, 0.25) is 0 Å². The van der Waals surface area contributed by atoms with Gasteiger partial charge in [0, 0.05) is 27.5 Å². The zero-order valence-electron chi connectivity index (χ0n) is 11.9. The summed E-state index contributed by atoms with van der Waals surface area (Å²) in [6.07, 6.45) is 5.52. The fraction of sp³-hybridized carbons (Fsp3) is 0.235. The van der Waals surface area contributed by atoms with Crippen LogP contribution in [-0.2, 0) is 5.54 Å². The van der Waals surface area contributed by atoms with E-state index < -0.39 is 0 Å². The highest BCUT2D eigenvalue weighted by Gasteiger charge is 2.14. The van der Waals surface area contributed by atoms with Gasteiger partial charge in [-0.15, -0.1) is 0 Å². The SMILES string of the molecule is CC(C)(C)n1cccc1C=CC(=O)c1ccccc1Br. The number of hydrogen-bond donors (Lipinski definition) is 0. The van der Waals surface area contributed by atoms with Crippen LogP contribution < -0.4 is 0 Å². The maximum atomic E-state index is 12.2. The van der Waals surface area contributed by atoms with Gasteiger partial charge in [-0.25, -0.2) is 0 Å². The normalized spacial score (nSPS) is 12.0. The highest BCUT2D eigenvalue weighted by molar-refractivity contribution is 9.10. The number of nitrogens with zero attached hydrogens (tertiary/aromatic N) is 1. The van der Waals surface area contributed by atoms with Crippen LogP contribution >= 0.6 is 15.9 Å². The predicted octanol–water partition coefficient (Wildman–Crippen LogP) is 4.90. The van der Waals surface area contributed by atoms with Gasteiger partial charge < -0.3 is 4.57 Å². The van der Waals surface area contributed by atoms with E-state index in [1.807, 2.05) is 48.7 Å². The smallest absolute Gasteiger partial charge is 0.187 e. The quantitative estimate of drug-likeness (QED) is 0.579. The summed E-state index contributed by atoms with van der Waals surface area (Å²) < 4.78 is 2.97. The fourth-order valence-corrected chi connectivity index (χ4v) is 2.53. The first-order chi connectivity index (χ1) is 9.39.